The van der Waals surface area contributed by atoms with Crippen molar-refractivity contribution in [3.05, 3.63) is 22.7 Å². The number of rotatable bonds is 6. The molecule has 1 atom stereocenters. The average molecular weight is 337 g/mol. The van der Waals surface area contributed by atoms with Crippen molar-refractivity contribution in [3.63, 3.8) is 0 Å². The molecule has 0 radical (unpaired) electrons. The highest BCUT2D eigenvalue weighted by molar-refractivity contribution is 9.10. The van der Waals surface area contributed by atoms with Gasteiger partial charge in [-0.2, -0.15) is 0 Å². The molecule has 0 aliphatic heterocycles. The molecule has 1 unspecified atom stereocenters. The molecule has 1 aromatic carbocycles. The molecule has 0 aliphatic carbocycles. The van der Waals surface area contributed by atoms with Gasteiger partial charge in [0.2, 0.25) is 10.0 Å². The van der Waals surface area contributed by atoms with Crippen molar-refractivity contribution in [2.75, 3.05) is 19.5 Å². The molecule has 0 spiro atoms. The Labute approximate surface area is 116 Å². The Kier molecular flexibility index (Phi) is 5.58. The molecule has 5 nitrogen and oxygen atoms in total. The highest BCUT2D eigenvalue weighted by Gasteiger charge is 2.17. The first-order valence-corrected chi connectivity index (χ1v) is 7.70. The van der Waals surface area contributed by atoms with Crippen LogP contribution < -0.4 is 10.5 Å². The summed E-state index contributed by atoms with van der Waals surface area (Å²) in [5.41, 5.74) is 6.12. The molecular formula is C11H17BrN2O3S. The van der Waals surface area contributed by atoms with Crippen molar-refractivity contribution in [1.82, 2.24) is 4.72 Å². The molecule has 7 heteroatoms. The molecule has 1 rings (SSSR count). The van der Waals surface area contributed by atoms with E-state index >= 15 is 0 Å². The van der Waals surface area contributed by atoms with Crippen molar-refractivity contribution < 1.29 is 13.2 Å². The van der Waals surface area contributed by atoms with Gasteiger partial charge in [-0.25, -0.2) is 13.1 Å². The number of hydrogen-bond donors (Lipinski definition) is 2. The van der Waals surface area contributed by atoms with Crippen molar-refractivity contribution in [2.45, 2.75) is 24.3 Å². The van der Waals surface area contributed by atoms with Crippen LogP contribution in [-0.2, 0) is 14.8 Å². The van der Waals surface area contributed by atoms with Crippen molar-refractivity contribution in [1.29, 1.82) is 0 Å². The number of hydrogen-bond acceptors (Lipinski definition) is 4. The van der Waals surface area contributed by atoms with Crippen LogP contribution in [0.4, 0.5) is 5.69 Å². The standard InChI is InChI=1S/C11H17BrN2O3S/c1-8(5-6-17-2)14-18(15,16)9-3-4-11(13)10(12)7-9/h3-4,7-8,14H,5-6,13H2,1-2H3. The Morgan fingerprint density at radius 2 is 2.17 bits per heavy atom. The molecular weight excluding hydrogens is 320 g/mol. The number of anilines is 1. The van der Waals surface area contributed by atoms with Crippen LogP contribution >= 0.6 is 15.9 Å². The number of nitrogens with two attached hydrogens (primary N) is 1. The fourth-order valence-electron chi connectivity index (χ4n) is 1.36. The van der Waals surface area contributed by atoms with E-state index in [9.17, 15) is 8.42 Å². The Bertz CT molecular complexity index is 505. The molecule has 18 heavy (non-hydrogen) atoms. The van der Waals surface area contributed by atoms with Crippen LogP contribution in [0.25, 0.3) is 0 Å². The summed E-state index contributed by atoms with van der Waals surface area (Å²) >= 11 is 3.21. The Morgan fingerprint density at radius 1 is 1.50 bits per heavy atom. The van der Waals surface area contributed by atoms with Gasteiger partial charge in [-0.15, -0.1) is 0 Å². The number of halogens is 1. The van der Waals surface area contributed by atoms with E-state index in [0.29, 0.717) is 23.2 Å². The van der Waals surface area contributed by atoms with E-state index in [2.05, 4.69) is 20.7 Å². The summed E-state index contributed by atoms with van der Waals surface area (Å²) in [6, 6.07) is 4.33. The second kappa shape index (κ2) is 6.51. The number of methoxy groups -OCH3 is 1. The maximum absolute atomic E-state index is 12.1. The monoisotopic (exact) mass is 336 g/mol. The smallest absolute Gasteiger partial charge is 0.240 e. The number of benzene rings is 1. The topological polar surface area (TPSA) is 81.4 Å². The molecule has 3 N–H and O–H groups in total. The highest BCUT2D eigenvalue weighted by Crippen LogP contribution is 2.23. The maximum atomic E-state index is 12.1. The van der Waals surface area contributed by atoms with Gasteiger partial charge in [0.1, 0.15) is 0 Å². The summed E-state index contributed by atoms with van der Waals surface area (Å²) in [7, 11) is -1.94. The van der Waals surface area contributed by atoms with Crippen LogP contribution in [0.3, 0.4) is 0 Å². The molecule has 0 saturated carbocycles. The third kappa shape index (κ3) is 4.24. The fraction of sp³-hybridized carbons (Fsp3) is 0.455. The fourth-order valence-corrected chi connectivity index (χ4v) is 3.20. The zero-order valence-corrected chi connectivity index (χ0v) is 12.7. The number of sulfonamides is 1. The van der Waals surface area contributed by atoms with Crippen LogP contribution in [0.1, 0.15) is 13.3 Å². The van der Waals surface area contributed by atoms with E-state index in [1.807, 2.05) is 0 Å². The molecule has 0 aliphatic rings. The van der Waals surface area contributed by atoms with Gasteiger partial charge in [0.05, 0.1) is 4.90 Å². The first kappa shape index (κ1) is 15.4. The van der Waals surface area contributed by atoms with Gasteiger partial charge < -0.3 is 10.5 Å². The van der Waals surface area contributed by atoms with E-state index in [-0.39, 0.29) is 10.9 Å². The summed E-state index contributed by atoms with van der Waals surface area (Å²) < 4.78 is 32.2. The van der Waals surface area contributed by atoms with Crippen LogP contribution in [0, 0.1) is 0 Å². The Morgan fingerprint density at radius 3 is 2.72 bits per heavy atom. The minimum Gasteiger partial charge on any atom is -0.398 e. The van der Waals surface area contributed by atoms with E-state index in [4.69, 9.17) is 10.5 Å². The largest absolute Gasteiger partial charge is 0.398 e. The lowest BCUT2D eigenvalue weighted by molar-refractivity contribution is 0.188. The van der Waals surface area contributed by atoms with Crippen LogP contribution in [-0.4, -0.2) is 28.2 Å². The lowest BCUT2D eigenvalue weighted by Gasteiger charge is -2.14. The van der Waals surface area contributed by atoms with Crippen molar-refractivity contribution in [2.24, 2.45) is 0 Å². The molecule has 0 aromatic heterocycles. The van der Waals surface area contributed by atoms with Crippen LogP contribution in [0.5, 0.6) is 0 Å². The first-order chi connectivity index (χ1) is 8.36. The number of nitrogens with one attached hydrogen (secondary N) is 1. The molecule has 0 bridgehead atoms. The van der Waals surface area contributed by atoms with E-state index < -0.39 is 10.0 Å². The molecule has 0 amide bonds. The van der Waals surface area contributed by atoms with Crippen LogP contribution in [0.2, 0.25) is 0 Å². The normalized spacial score (nSPS) is 13.5. The van der Waals surface area contributed by atoms with Gasteiger partial charge in [0.25, 0.3) is 0 Å². The van der Waals surface area contributed by atoms with Crippen LogP contribution in [0.15, 0.2) is 27.6 Å². The summed E-state index contributed by atoms with van der Waals surface area (Å²) in [6.45, 7) is 2.30. The molecule has 0 fully saturated rings. The summed E-state index contributed by atoms with van der Waals surface area (Å²) in [6.07, 6.45) is 0.617. The minimum absolute atomic E-state index is 0.188. The van der Waals surface area contributed by atoms with E-state index in [1.54, 1.807) is 20.1 Å². The van der Waals surface area contributed by atoms with Gasteiger partial charge in [-0.05, 0) is 47.5 Å². The molecule has 0 saturated heterocycles. The Balaban J connectivity index is 2.83. The lowest BCUT2D eigenvalue weighted by atomic mass is 10.3. The Hall–Kier alpha value is -0.630. The quantitative estimate of drug-likeness (QED) is 0.775. The SMILES string of the molecule is COCCC(C)NS(=O)(=O)c1ccc(N)c(Br)c1. The molecule has 0 heterocycles. The first-order valence-electron chi connectivity index (χ1n) is 5.43. The zero-order valence-electron chi connectivity index (χ0n) is 10.3. The summed E-state index contributed by atoms with van der Waals surface area (Å²) in [4.78, 5) is 0.188. The second-order valence-corrected chi connectivity index (χ2v) is 6.56. The van der Waals surface area contributed by atoms with Gasteiger partial charge in [0.15, 0.2) is 0 Å². The van der Waals surface area contributed by atoms with Gasteiger partial charge in [0, 0.05) is 29.9 Å². The van der Waals surface area contributed by atoms with E-state index in [1.165, 1.54) is 12.1 Å². The maximum Gasteiger partial charge on any atom is 0.240 e. The summed E-state index contributed by atoms with van der Waals surface area (Å²) in [5, 5.41) is 0. The third-order valence-electron chi connectivity index (χ3n) is 2.39. The van der Waals surface area contributed by atoms with E-state index in [0.717, 1.165) is 0 Å². The predicted octanol–water partition coefficient (Wildman–Crippen LogP) is 1.73. The second-order valence-electron chi connectivity index (χ2n) is 3.99. The predicted molar refractivity (Wildman–Crippen MR) is 74.8 cm³/mol. The highest BCUT2D eigenvalue weighted by atomic mass is 79.9. The summed E-state index contributed by atoms with van der Waals surface area (Å²) in [5.74, 6) is 0. The number of nitrogen functional groups attached to an aromatic ring is 1. The number of ether oxygens (including phenoxy) is 1. The third-order valence-corrected chi connectivity index (χ3v) is 4.67. The zero-order chi connectivity index (χ0) is 13.8. The van der Waals surface area contributed by atoms with Gasteiger partial charge in [-0.1, -0.05) is 0 Å². The average Bonchev–Trinajstić information content (AvgIpc) is 2.29. The molecule has 102 valence electrons. The van der Waals surface area contributed by atoms with Gasteiger partial charge in [-0.3, -0.25) is 0 Å². The van der Waals surface area contributed by atoms with Gasteiger partial charge >= 0.3 is 0 Å². The molecule has 1 aromatic rings. The van der Waals surface area contributed by atoms with Crippen molar-refractivity contribution in [3.8, 4) is 0 Å². The lowest BCUT2D eigenvalue weighted by Crippen LogP contribution is -2.33. The van der Waals surface area contributed by atoms with Crippen molar-refractivity contribution >= 4 is 31.6 Å². The minimum atomic E-state index is -3.52.